The molecule has 92 valence electrons. The van der Waals surface area contributed by atoms with Crippen LogP contribution in [0.3, 0.4) is 0 Å². The monoisotopic (exact) mass is 252 g/mol. The SMILES string of the molecule is CC(C(=O)Nc1ccc(Cl)cc1)N1CCCC1. The molecule has 1 aromatic rings. The van der Waals surface area contributed by atoms with Gasteiger partial charge in [0.1, 0.15) is 0 Å². The van der Waals surface area contributed by atoms with Gasteiger partial charge in [-0.3, -0.25) is 9.69 Å². The molecule has 0 aromatic heterocycles. The van der Waals surface area contributed by atoms with Crippen molar-refractivity contribution in [2.24, 2.45) is 0 Å². The predicted octanol–water partition coefficient (Wildman–Crippen LogP) is 2.76. The quantitative estimate of drug-likeness (QED) is 0.897. The molecule has 1 unspecified atom stereocenters. The molecular formula is C13H17ClN2O. The summed E-state index contributed by atoms with van der Waals surface area (Å²) in [5.41, 5.74) is 0.797. The highest BCUT2D eigenvalue weighted by Gasteiger charge is 2.23. The molecule has 2 rings (SSSR count). The summed E-state index contributed by atoms with van der Waals surface area (Å²) >= 11 is 5.79. The number of likely N-dealkylation sites (tertiary alicyclic amines) is 1. The summed E-state index contributed by atoms with van der Waals surface area (Å²) in [5, 5.41) is 3.58. The molecule has 0 radical (unpaired) electrons. The van der Waals surface area contributed by atoms with Crippen LogP contribution in [0, 0.1) is 0 Å². The lowest BCUT2D eigenvalue weighted by atomic mass is 10.2. The third-order valence-corrected chi connectivity index (χ3v) is 3.43. The largest absolute Gasteiger partial charge is 0.325 e. The van der Waals surface area contributed by atoms with E-state index < -0.39 is 0 Å². The minimum atomic E-state index is -0.0619. The molecular weight excluding hydrogens is 236 g/mol. The number of hydrogen-bond donors (Lipinski definition) is 1. The van der Waals surface area contributed by atoms with Gasteiger partial charge in [0.05, 0.1) is 6.04 Å². The zero-order chi connectivity index (χ0) is 12.3. The van der Waals surface area contributed by atoms with E-state index in [2.05, 4.69) is 10.2 Å². The Labute approximate surface area is 107 Å². The number of carbonyl (C=O) groups excluding carboxylic acids is 1. The third kappa shape index (κ3) is 3.20. The van der Waals surface area contributed by atoms with Gasteiger partial charge in [-0.25, -0.2) is 0 Å². The zero-order valence-electron chi connectivity index (χ0n) is 9.95. The fourth-order valence-corrected chi connectivity index (χ4v) is 2.20. The van der Waals surface area contributed by atoms with Crippen molar-refractivity contribution < 1.29 is 4.79 Å². The highest BCUT2D eigenvalue weighted by molar-refractivity contribution is 6.30. The highest BCUT2D eigenvalue weighted by Crippen LogP contribution is 2.16. The summed E-state index contributed by atoms with van der Waals surface area (Å²) in [6.07, 6.45) is 2.39. The van der Waals surface area contributed by atoms with E-state index in [-0.39, 0.29) is 11.9 Å². The number of nitrogens with zero attached hydrogens (tertiary/aromatic N) is 1. The third-order valence-electron chi connectivity index (χ3n) is 3.18. The summed E-state index contributed by atoms with van der Waals surface area (Å²) in [6.45, 7) is 4.00. The van der Waals surface area contributed by atoms with Crippen molar-refractivity contribution in [2.45, 2.75) is 25.8 Å². The number of rotatable bonds is 3. The van der Waals surface area contributed by atoms with E-state index in [0.29, 0.717) is 5.02 Å². The molecule has 1 saturated heterocycles. The number of benzene rings is 1. The van der Waals surface area contributed by atoms with Crippen molar-refractivity contribution in [2.75, 3.05) is 18.4 Å². The maximum Gasteiger partial charge on any atom is 0.241 e. The Bertz CT molecular complexity index is 385. The average Bonchev–Trinajstić information content (AvgIpc) is 2.84. The molecule has 1 fully saturated rings. The Morgan fingerprint density at radius 3 is 2.47 bits per heavy atom. The molecule has 0 aliphatic carbocycles. The second-order valence-corrected chi connectivity index (χ2v) is 4.85. The number of carbonyl (C=O) groups is 1. The van der Waals surface area contributed by atoms with Crippen LogP contribution >= 0.6 is 11.6 Å². The molecule has 0 spiro atoms. The molecule has 1 N–H and O–H groups in total. The minimum Gasteiger partial charge on any atom is -0.325 e. The van der Waals surface area contributed by atoms with Crippen molar-refractivity contribution >= 4 is 23.2 Å². The first-order valence-corrected chi connectivity index (χ1v) is 6.35. The van der Waals surface area contributed by atoms with E-state index in [1.165, 1.54) is 12.8 Å². The maximum absolute atomic E-state index is 12.0. The van der Waals surface area contributed by atoms with Gasteiger partial charge in [-0.2, -0.15) is 0 Å². The summed E-state index contributed by atoms with van der Waals surface area (Å²) in [5.74, 6) is 0.0502. The first-order valence-electron chi connectivity index (χ1n) is 5.97. The zero-order valence-corrected chi connectivity index (χ0v) is 10.7. The van der Waals surface area contributed by atoms with E-state index in [0.717, 1.165) is 18.8 Å². The summed E-state index contributed by atoms with van der Waals surface area (Å²) in [4.78, 5) is 14.2. The van der Waals surface area contributed by atoms with Crippen LogP contribution in [0.25, 0.3) is 0 Å². The smallest absolute Gasteiger partial charge is 0.241 e. The lowest BCUT2D eigenvalue weighted by Gasteiger charge is -2.22. The van der Waals surface area contributed by atoms with Crippen molar-refractivity contribution in [3.05, 3.63) is 29.3 Å². The topological polar surface area (TPSA) is 32.3 Å². The van der Waals surface area contributed by atoms with Gasteiger partial charge in [0, 0.05) is 10.7 Å². The molecule has 17 heavy (non-hydrogen) atoms. The summed E-state index contributed by atoms with van der Waals surface area (Å²) in [6, 6.07) is 7.12. The van der Waals surface area contributed by atoms with Crippen LogP contribution in [0.2, 0.25) is 5.02 Å². The first kappa shape index (κ1) is 12.4. The van der Waals surface area contributed by atoms with Crippen LogP contribution in [-0.2, 0) is 4.79 Å². The molecule has 3 nitrogen and oxygen atoms in total. The van der Waals surface area contributed by atoms with E-state index in [1.54, 1.807) is 12.1 Å². The lowest BCUT2D eigenvalue weighted by molar-refractivity contribution is -0.120. The Morgan fingerprint density at radius 1 is 1.29 bits per heavy atom. The van der Waals surface area contributed by atoms with Crippen molar-refractivity contribution in [3.63, 3.8) is 0 Å². The van der Waals surface area contributed by atoms with Crippen LogP contribution < -0.4 is 5.32 Å². The van der Waals surface area contributed by atoms with E-state index >= 15 is 0 Å². The van der Waals surface area contributed by atoms with E-state index in [4.69, 9.17) is 11.6 Å². The van der Waals surface area contributed by atoms with Crippen molar-refractivity contribution in [1.82, 2.24) is 4.90 Å². The molecule has 1 aliphatic rings. The van der Waals surface area contributed by atoms with Gasteiger partial charge >= 0.3 is 0 Å². The molecule has 0 saturated carbocycles. The van der Waals surface area contributed by atoms with Gasteiger partial charge in [0.15, 0.2) is 0 Å². The Morgan fingerprint density at radius 2 is 1.88 bits per heavy atom. The second-order valence-electron chi connectivity index (χ2n) is 4.42. The second kappa shape index (κ2) is 5.52. The van der Waals surface area contributed by atoms with Gasteiger partial charge in [-0.15, -0.1) is 0 Å². The summed E-state index contributed by atoms with van der Waals surface area (Å²) in [7, 11) is 0. The average molecular weight is 253 g/mol. The fraction of sp³-hybridized carbons (Fsp3) is 0.462. The first-order chi connectivity index (χ1) is 8.16. The number of halogens is 1. The van der Waals surface area contributed by atoms with Crippen LogP contribution in [0.15, 0.2) is 24.3 Å². The Hall–Kier alpha value is -1.06. The molecule has 0 bridgehead atoms. The molecule has 1 heterocycles. The highest BCUT2D eigenvalue weighted by atomic mass is 35.5. The van der Waals surface area contributed by atoms with Crippen molar-refractivity contribution in [1.29, 1.82) is 0 Å². The van der Waals surface area contributed by atoms with Gasteiger partial charge in [-0.05, 0) is 57.1 Å². The molecule has 1 aromatic carbocycles. The lowest BCUT2D eigenvalue weighted by Crippen LogP contribution is -2.40. The molecule has 1 atom stereocenters. The van der Waals surface area contributed by atoms with Gasteiger partial charge < -0.3 is 5.32 Å². The number of hydrogen-bond acceptors (Lipinski definition) is 2. The number of anilines is 1. The van der Waals surface area contributed by atoms with Crippen molar-refractivity contribution in [3.8, 4) is 0 Å². The standard InChI is InChI=1S/C13H17ClN2O/c1-10(16-8-2-3-9-16)13(17)15-12-6-4-11(14)5-7-12/h4-7,10H,2-3,8-9H2,1H3,(H,15,17). The fourth-order valence-electron chi connectivity index (χ4n) is 2.07. The van der Waals surface area contributed by atoms with E-state index in [1.807, 2.05) is 19.1 Å². The van der Waals surface area contributed by atoms with Crippen LogP contribution in [0.5, 0.6) is 0 Å². The normalized spacial score (nSPS) is 18.0. The number of amides is 1. The van der Waals surface area contributed by atoms with Crippen LogP contribution in [0.1, 0.15) is 19.8 Å². The van der Waals surface area contributed by atoms with Gasteiger partial charge in [0.2, 0.25) is 5.91 Å². The molecule has 1 amide bonds. The van der Waals surface area contributed by atoms with Crippen LogP contribution in [-0.4, -0.2) is 29.9 Å². The van der Waals surface area contributed by atoms with E-state index in [9.17, 15) is 4.79 Å². The van der Waals surface area contributed by atoms with Crippen LogP contribution in [0.4, 0.5) is 5.69 Å². The maximum atomic E-state index is 12.0. The predicted molar refractivity (Wildman–Crippen MR) is 70.4 cm³/mol. The molecule has 1 aliphatic heterocycles. The molecule has 4 heteroatoms. The Balaban J connectivity index is 1.93. The minimum absolute atomic E-state index is 0.0502. The Kier molecular flexibility index (Phi) is 4.02. The van der Waals surface area contributed by atoms with Gasteiger partial charge in [-0.1, -0.05) is 11.6 Å². The summed E-state index contributed by atoms with van der Waals surface area (Å²) < 4.78 is 0. The van der Waals surface area contributed by atoms with Gasteiger partial charge in [0.25, 0.3) is 0 Å². The number of nitrogens with one attached hydrogen (secondary N) is 1.